The van der Waals surface area contributed by atoms with Crippen LogP contribution in [0.2, 0.25) is 0 Å². The molecule has 3 nitrogen and oxygen atoms in total. The van der Waals surface area contributed by atoms with Crippen LogP contribution in [0.4, 0.5) is 5.82 Å². The second-order valence-electron chi connectivity index (χ2n) is 5.57. The summed E-state index contributed by atoms with van der Waals surface area (Å²) >= 11 is 3.48. The van der Waals surface area contributed by atoms with Crippen LogP contribution in [0.1, 0.15) is 58.2 Å². The van der Waals surface area contributed by atoms with Crippen LogP contribution in [-0.4, -0.2) is 16.0 Å². The molecule has 1 aliphatic rings. The van der Waals surface area contributed by atoms with Crippen molar-refractivity contribution in [1.29, 1.82) is 0 Å². The van der Waals surface area contributed by atoms with Crippen molar-refractivity contribution in [1.82, 2.24) is 9.97 Å². The summed E-state index contributed by atoms with van der Waals surface area (Å²) in [5.41, 5.74) is 0. The number of hydrogen-bond donors (Lipinski definition) is 1. The number of nitrogens with zero attached hydrogens (tertiary/aromatic N) is 2. The molecule has 1 heterocycles. The van der Waals surface area contributed by atoms with Gasteiger partial charge >= 0.3 is 0 Å². The SMILES string of the molecule is CCCc1nc(Br)cc(NC(C)C2CCCCC2)n1. The Morgan fingerprint density at radius 2 is 2.05 bits per heavy atom. The molecule has 4 heteroatoms. The molecule has 0 amide bonds. The van der Waals surface area contributed by atoms with Crippen molar-refractivity contribution in [2.45, 2.75) is 64.8 Å². The van der Waals surface area contributed by atoms with Gasteiger partial charge in [0.1, 0.15) is 16.2 Å². The second kappa shape index (κ2) is 7.22. The minimum atomic E-state index is 0.497. The molecule has 0 spiro atoms. The Morgan fingerprint density at radius 3 is 2.74 bits per heavy atom. The Balaban J connectivity index is 2.00. The van der Waals surface area contributed by atoms with Gasteiger partial charge in [-0.15, -0.1) is 0 Å². The highest BCUT2D eigenvalue weighted by atomic mass is 79.9. The lowest BCUT2D eigenvalue weighted by Crippen LogP contribution is -2.28. The predicted molar refractivity (Wildman–Crippen MR) is 83.4 cm³/mol. The summed E-state index contributed by atoms with van der Waals surface area (Å²) in [6.07, 6.45) is 8.88. The second-order valence-corrected chi connectivity index (χ2v) is 6.39. The maximum atomic E-state index is 4.61. The zero-order valence-electron chi connectivity index (χ0n) is 12.0. The van der Waals surface area contributed by atoms with Crippen molar-refractivity contribution in [3.63, 3.8) is 0 Å². The predicted octanol–water partition coefficient (Wildman–Crippen LogP) is 4.57. The molecule has 0 radical (unpaired) electrons. The molecule has 2 rings (SSSR count). The fraction of sp³-hybridized carbons (Fsp3) is 0.733. The summed E-state index contributed by atoms with van der Waals surface area (Å²) in [6, 6.07) is 2.48. The monoisotopic (exact) mass is 325 g/mol. The third kappa shape index (κ3) is 4.44. The van der Waals surface area contributed by atoms with E-state index < -0.39 is 0 Å². The largest absolute Gasteiger partial charge is 0.367 e. The van der Waals surface area contributed by atoms with Gasteiger partial charge in [0.2, 0.25) is 0 Å². The molecule has 0 bridgehead atoms. The van der Waals surface area contributed by atoms with Gasteiger partial charge in [-0.3, -0.25) is 0 Å². The van der Waals surface area contributed by atoms with Crippen LogP contribution < -0.4 is 5.32 Å². The Bertz CT molecular complexity index is 402. The summed E-state index contributed by atoms with van der Waals surface area (Å²) in [7, 11) is 0. The Kier molecular flexibility index (Phi) is 5.61. The van der Waals surface area contributed by atoms with Crippen LogP contribution in [0.5, 0.6) is 0 Å². The van der Waals surface area contributed by atoms with Gasteiger partial charge in [0, 0.05) is 18.5 Å². The van der Waals surface area contributed by atoms with Crippen molar-refractivity contribution in [2.24, 2.45) is 5.92 Å². The van der Waals surface area contributed by atoms with Crippen molar-refractivity contribution in [2.75, 3.05) is 5.32 Å². The first-order valence-electron chi connectivity index (χ1n) is 7.49. The standard InChI is InChI=1S/C15H24BrN3/c1-3-7-14-18-13(16)10-15(19-14)17-11(2)12-8-5-4-6-9-12/h10-12H,3-9H2,1-2H3,(H,17,18,19). The maximum absolute atomic E-state index is 4.61. The van der Waals surface area contributed by atoms with Crippen LogP contribution in [0.25, 0.3) is 0 Å². The smallest absolute Gasteiger partial charge is 0.132 e. The Labute approximate surface area is 124 Å². The van der Waals surface area contributed by atoms with E-state index in [2.05, 4.69) is 45.1 Å². The molecule has 19 heavy (non-hydrogen) atoms. The summed E-state index contributed by atoms with van der Waals surface area (Å²) in [4.78, 5) is 9.01. The number of aromatic nitrogens is 2. The highest BCUT2D eigenvalue weighted by Gasteiger charge is 2.20. The number of hydrogen-bond acceptors (Lipinski definition) is 3. The normalized spacial score (nSPS) is 18.3. The van der Waals surface area contributed by atoms with E-state index in [9.17, 15) is 0 Å². The molecular weight excluding hydrogens is 302 g/mol. The molecule has 1 aromatic rings. The lowest BCUT2D eigenvalue weighted by molar-refractivity contribution is 0.328. The molecule has 1 atom stereocenters. The molecule has 1 aromatic heterocycles. The van der Waals surface area contributed by atoms with Crippen LogP contribution in [0.15, 0.2) is 10.7 Å². The van der Waals surface area contributed by atoms with Crippen molar-refractivity contribution in [3.8, 4) is 0 Å². The van der Waals surface area contributed by atoms with Gasteiger partial charge < -0.3 is 5.32 Å². The maximum Gasteiger partial charge on any atom is 0.132 e. The molecule has 1 N–H and O–H groups in total. The van der Waals surface area contributed by atoms with Gasteiger partial charge in [-0.05, 0) is 48.0 Å². The van der Waals surface area contributed by atoms with E-state index in [1.165, 1.54) is 32.1 Å². The summed E-state index contributed by atoms with van der Waals surface area (Å²) in [5.74, 6) is 2.68. The van der Waals surface area contributed by atoms with Gasteiger partial charge in [0.15, 0.2) is 0 Å². The summed E-state index contributed by atoms with van der Waals surface area (Å²) in [5, 5.41) is 3.57. The summed E-state index contributed by atoms with van der Waals surface area (Å²) in [6.45, 7) is 4.44. The molecule has 1 aliphatic carbocycles. The number of rotatable bonds is 5. The first-order valence-corrected chi connectivity index (χ1v) is 8.28. The quantitative estimate of drug-likeness (QED) is 0.805. The van der Waals surface area contributed by atoms with E-state index in [0.29, 0.717) is 6.04 Å². The first-order chi connectivity index (χ1) is 9.19. The molecular formula is C15H24BrN3. The van der Waals surface area contributed by atoms with E-state index >= 15 is 0 Å². The average molecular weight is 326 g/mol. The van der Waals surface area contributed by atoms with E-state index in [0.717, 1.165) is 35.0 Å². The Morgan fingerprint density at radius 1 is 1.32 bits per heavy atom. The van der Waals surface area contributed by atoms with Crippen LogP contribution >= 0.6 is 15.9 Å². The van der Waals surface area contributed by atoms with Crippen molar-refractivity contribution in [3.05, 3.63) is 16.5 Å². The first kappa shape index (κ1) is 14.8. The fourth-order valence-corrected chi connectivity index (χ4v) is 3.28. The number of halogens is 1. The minimum Gasteiger partial charge on any atom is -0.367 e. The third-order valence-corrected chi connectivity index (χ3v) is 4.35. The fourth-order valence-electron chi connectivity index (χ4n) is 2.86. The molecule has 0 aliphatic heterocycles. The van der Waals surface area contributed by atoms with Gasteiger partial charge in [0.05, 0.1) is 0 Å². The molecule has 106 valence electrons. The Hall–Kier alpha value is -0.640. The highest BCUT2D eigenvalue weighted by Crippen LogP contribution is 2.28. The van der Waals surface area contributed by atoms with E-state index in [1.54, 1.807) is 0 Å². The van der Waals surface area contributed by atoms with Gasteiger partial charge in [0.25, 0.3) is 0 Å². The van der Waals surface area contributed by atoms with Gasteiger partial charge in [-0.25, -0.2) is 9.97 Å². The van der Waals surface area contributed by atoms with Crippen molar-refractivity contribution < 1.29 is 0 Å². The van der Waals surface area contributed by atoms with Crippen molar-refractivity contribution >= 4 is 21.7 Å². The minimum absolute atomic E-state index is 0.497. The zero-order valence-corrected chi connectivity index (χ0v) is 13.5. The van der Waals surface area contributed by atoms with Gasteiger partial charge in [-0.1, -0.05) is 26.2 Å². The number of anilines is 1. The van der Waals surface area contributed by atoms with E-state index in [-0.39, 0.29) is 0 Å². The van der Waals surface area contributed by atoms with Crippen LogP contribution in [0.3, 0.4) is 0 Å². The molecule has 0 aromatic carbocycles. The number of nitrogens with one attached hydrogen (secondary N) is 1. The zero-order chi connectivity index (χ0) is 13.7. The highest BCUT2D eigenvalue weighted by molar-refractivity contribution is 9.10. The van der Waals surface area contributed by atoms with E-state index in [1.807, 2.05) is 6.07 Å². The third-order valence-electron chi connectivity index (χ3n) is 3.95. The van der Waals surface area contributed by atoms with Gasteiger partial charge in [-0.2, -0.15) is 0 Å². The van der Waals surface area contributed by atoms with Crippen LogP contribution in [-0.2, 0) is 6.42 Å². The lowest BCUT2D eigenvalue weighted by atomic mass is 9.84. The molecule has 1 saturated carbocycles. The average Bonchev–Trinajstić information content (AvgIpc) is 2.39. The molecule has 0 saturated heterocycles. The number of aryl methyl sites for hydroxylation is 1. The van der Waals surface area contributed by atoms with Crippen LogP contribution in [0, 0.1) is 5.92 Å². The lowest BCUT2D eigenvalue weighted by Gasteiger charge is -2.28. The topological polar surface area (TPSA) is 37.8 Å². The summed E-state index contributed by atoms with van der Waals surface area (Å²) < 4.78 is 0.879. The molecule has 1 unspecified atom stereocenters. The molecule has 1 fully saturated rings. The van der Waals surface area contributed by atoms with E-state index in [4.69, 9.17) is 0 Å².